The van der Waals surface area contributed by atoms with E-state index in [1.54, 1.807) is 11.3 Å². The molecule has 0 saturated heterocycles. The summed E-state index contributed by atoms with van der Waals surface area (Å²) >= 11 is 5.29. The Hall–Kier alpha value is 0.0700. The lowest BCUT2D eigenvalue weighted by atomic mass is 9.90. The van der Waals surface area contributed by atoms with E-state index >= 15 is 0 Å². The largest absolute Gasteiger partial charge is 0.325 e. The number of aromatic nitrogens is 1. The summed E-state index contributed by atoms with van der Waals surface area (Å²) in [5, 5.41) is 1.29. The summed E-state index contributed by atoms with van der Waals surface area (Å²) in [5.41, 5.74) is 6.63. The van der Waals surface area contributed by atoms with Gasteiger partial charge in [0.05, 0.1) is 14.5 Å². The van der Waals surface area contributed by atoms with Crippen molar-refractivity contribution in [3.8, 4) is 0 Å². The molecule has 0 bridgehead atoms. The minimum absolute atomic E-state index is 0.545. The first kappa shape index (κ1) is 10.6. The van der Waals surface area contributed by atoms with E-state index in [1.807, 2.05) is 0 Å². The Morgan fingerprint density at radius 3 is 2.64 bits per heavy atom. The maximum atomic E-state index is 5.61. The second-order valence-electron chi connectivity index (χ2n) is 3.81. The van der Waals surface area contributed by atoms with Crippen LogP contribution in [0.15, 0.2) is 3.79 Å². The van der Waals surface area contributed by atoms with Gasteiger partial charge in [-0.15, -0.1) is 11.3 Å². The van der Waals surface area contributed by atoms with Crippen molar-refractivity contribution in [3.05, 3.63) is 14.5 Å². The third-order valence-corrected chi connectivity index (χ3v) is 4.81. The first-order chi connectivity index (χ1) is 6.81. The van der Waals surface area contributed by atoms with Gasteiger partial charge in [-0.3, -0.25) is 0 Å². The number of nitrogens with two attached hydrogens (primary N) is 1. The van der Waals surface area contributed by atoms with Crippen LogP contribution in [0.4, 0.5) is 0 Å². The zero-order valence-electron chi connectivity index (χ0n) is 8.13. The van der Waals surface area contributed by atoms with Crippen LogP contribution in [0, 0.1) is 0 Å². The maximum absolute atomic E-state index is 5.61. The van der Waals surface area contributed by atoms with Crippen molar-refractivity contribution in [2.24, 2.45) is 5.73 Å². The fourth-order valence-corrected chi connectivity index (χ4v) is 3.74. The maximum Gasteiger partial charge on any atom is 0.0971 e. The molecule has 0 unspecified atom stereocenters. The molecule has 1 fully saturated rings. The van der Waals surface area contributed by atoms with Crippen molar-refractivity contribution in [2.45, 2.75) is 44.6 Å². The Morgan fingerprint density at radius 1 is 1.36 bits per heavy atom. The Labute approximate surface area is 97.0 Å². The molecule has 1 aromatic rings. The fourth-order valence-electron chi connectivity index (χ4n) is 2.00. The summed E-state index contributed by atoms with van der Waals surface area (Å²) in [5.74, 6) is 0.699. The topological polar surface area (TPSA) is 38.9 Å². The number of halogens is 1. The molecular weight excluding hydrogens is 260 g/mol. The molecule has 4 heteroatoms. The molecule has 0 spiro atoms. The highest BCUT2D eigenvalue weighted by molar-refractivity contribution is 9.11. The zero-order chi connectivity index (χ0) is 9.97. The second kappa shape index (κ2) is 4.73. The van der Waals surface area contributed by atoms with Gasteiger partial charge in [-0.2, -0.15) is 0 Å². The third-order valence-electron chi connectivity index (χ3n) is 2.81. The lowest BCUT2D eigenvalue weighted by molar-refractivity contribution is 0.442. The zero-order valence-corrected chi connectivity index (χ0v) is 10.5. The highest BCUT2D eigenvalue weighted by atomic mass is 79.9. The molecule has 0 aliphatic heterocycles. The van der Waals surface area contributed by atoms with E-state index in [1.165, 1.54) is 37.1 Å². The Morgan fingerprint density at radius 2 is 2.07 bits per heavy atom. The van der Waals surface area contributed by atoms with Gasteiger partial charge in [0.1, 0.15) is 0 Å². The molecule has 14 heavy (non-hydrogen) atoms. The molecule has 0 amide bonds. The summed E-state index contributed by atoms with van der Waals surface area (Å²) in [4.78, 5) is 4.60. The van der Waals surface area contributed by atoms with Crippen LogP contribution in [0.2, 0.25) is 0 Å². The number of nitrogens with zero attached hydrogens (tertiary/aromatic N) is 1. The van der Waals surface area contributed by atoms with Gasteiger partial charge in [0.2, 0.25) is 0 Å². The molecule has 0 aromatic carbocycles. The van der Waals surface area contributed by atoms with Crippen LogP contribution in [-0.4, -0.2) is 4.98 Å². The van der Waals surface area contributed by atoms with Gasteiger partial charge < -0.3 is 5.73 Å². The highest BCUT2D eigenvalue weighted by Crippen LogP contribution is 2.37. The standard InChI is InChI=1S/C10H15BrN2S/c11-9-8(6-12)13-10(14-9)7-4-2-1-3-5-7/h7H,1-6,12H2. The number of hydrogen-bond donors (Lipinski definition) is 1. The summed E-state index contributed by atoms with van der Waals surface area (Å²) in [6.07, 6.45) is 6.74. The minimum Gasteiger partial charge on any atom is -0.325 e. The summed E-state index contributed by atoms with van der Waals surface area (Å²) in [6.45, 7) is 0.545. The predicted octanol–water partition coefficient (Wildman–Crippen LogP) is 3.41. The van der Waals surface area contributed by atoms with Gasteiger partial charge in [0, 0.05) is 12.5 Å². The molecule has 1 aliphatic rings. The molecule has 2 rings (SSSR count). The third kappa shape index (κ3) is 2.18. The summed E-state index contributed by atoms with van der Waals surface area (Å²) in [7, 11) is 0. The molecule has 78 valence electrons. The molecule has 2 N–H and O–H groups in total. The monoisotopic (exact) mass is 274 g/mol. The van der Waals surface area contributed by atoms with Gasteiger partial charge in [-0.25, -0.2) is 4.98 Å². The number of thiazole rings is 1. The van der Waals surface area contributed by atoms with E-state index < -0.39 is 0 Å². The van der Waals surface area contributed by atoms with Crippen LogP contribution in [0.5, 0.6) is 0 Å². The second-order valence-corrected chi connectivity index (χ2v) is 6.16. The lowest BCUT2D eigenvalue weighted by Gasteiger charge is -2.18. The fraction of sp³-hybridized carbons (Fsp3) is 0.700. The van der Waals surface area contributed by atoms with Gasteiger partial charge in [0.15, 0.2) is 0 Å². The van der Waals surface area contributed by atoms with Crippen molar-refractivity contribution in [1.82, 2.24) is 4.98 Å². The Kier molecular flexibility index (Phi) is 3.57. The van der Waals surface area contributed by atoms with E-state index in [2.05, 4.69) is 20.9 Å². The summed E-state index contributed by atoms with van der Waals surface area (Å²) < 4.78 is 1.13. The molecule has 2 nitrogen and oxygen atoms in total. The molecule has 0 atom stereocenters. The average Bonchev–Trinajstić information content (AvgIpc) is 2.61. The van der Waals surface area contributed by atoms with Crippen molar-refractivity contribution in [1.29, 1.82) is 0 Å². The first-order valence-electron chi connectivity index (χ1n) is 5.16. The normalized spacial score (nSPS) is 18.7. The number of hydrogen-bond acceptors (Lipinski definition) is 3. The minimum atomic E-state index is 0.545. The van der Waals surface area contributed by atoms with Crippen LogP contribution in [0.1, 0.15) is 48.7 Å². The highest BCUT2D eigenvalue weighted by Gasteiger charge is 2.20. The molecule has 1 saturated carbocycles. The van der Waals surface area contributed by atoms with E-state index in [-0.39, 0.29) is 0 Å². The average molecular weight is 275 g/mol. The molecule has 1 heterocycles. The van der Waals surface area contributed by atoms with Crippen molar-refractivity contribution in [2.75, 3.05) is 0 Å². The van der Waals surface area contributed by atoms with Gasteiger partial charge in [-0.1, -0.05) is 19.3 Å². The van der Waals surface area contributed by atoms with Gasteiger partial charge in [-0.05, 0) is 28.8 Å². The van der Waals surface area contributed by atoms with Crippen molar-refractivity contribution >= 4 is 27.3 Å². The summed E-state index contributed by atoms with van der Waals surface area (Å²) in [6, 6.07) is 0. The quantitative estimate of drug-likeness (QED) is 0.898. The lowest BCUT2D eigenvalue weighted by Crippen LogP contribution is -2.05. The molecule has 1 aliphatic carbocycles. The van der Waals surface area contributed by atoms with E-state index in [4.69, 9.17) is 5.73 Å². The number of rotatable bonds is 2. The van der Waals surface area contributed by atoms with E-state index in [0.29, 0.717) is 12.5 Å². The Balaban J connectivity index is 2.14. The molecule has 1 aromatic heterocycles. The van der Waals surface area contributed by atoms with Crippen molar-refractivity contribution < 1.29 is 0 Å². The van der Waals surface area contributed by atoms with Crippen molar-refractivity contribution in [3.63, 3.8) is 0 Å². The van der Waals surface area contributed by atoms with Crippen LogP contribution in [0.25, 0.3) is 0 Å². The van der Waals surface area contributed by atoms with E-state index in [9.17, 15) is 0 Å². The van der Waals surface area contributed by atoms with E-state index in [0.717, 1.165) is 9.48 Å². The molecular formula is C10H15BrN2S. The predicted molar refractivity (Wildman–Crippen MR) is 63.5 cm³/mol. The Bertz CT molecular complexity index is 305. The van der Waals surface area contributed by atoms with Gasteiger partial charge >= 0.3 is 0 Å². The van der Waals surface area contributed by atoms with Crippen LogP contribution < -0.4 is 5.73 Å². The smallest absolute Gasteiger partial charge is 0.0971 e. The first-order valence-corrected chi connectivity index (χ1v) is 6.77. The SMILES string of the molecule is NCc1nc(C2CCCCC2)sc1Br. The van der Waals surface area contributed by atoms with Crippen LogP contribution in [-0.2, 0) is 6.54 Å². The molecule has 0 radical (unpaired) electrons. The van der Waals surface area contributed by atoms with Crippen LogP contribution >= 0.6 is 27.3 Å². The van der Waals surface area contributed by atoms with Crippen LogP contribution in [0.3, 0.4) is 0 Å². The van der Waals surface area contributed by atoms with Gasteiger partial charge in [0.25, 0.3) is 0 Å².